The highest BCUT2D eigenvalue weighted by atomic mass is 16.5. The molecule has 1 aliphatic heterocycles. The Labute approximate surface area is 164 Å². The van der Waals surface area contributed by atoms with Gasteiger partial charge in [-0.25, -0.2) is 0 Å². The quantitative estimate of drug-likeness (QED) is 0.652. The lowest BCUT2D eigenvalue weighted by molar-refractivity contribution is -0.135. The van der Waals surface area contributed by atoms with Crippen molar-refractivity contribution in [3.05, 3.63) is 59.2 Å². The van der Waals surface area contributed by atoms with Gasteiger partial charge in [0.15, 0.2) is 0 Å². The number of fused-ring (bicyclic) bond motifs is 1. The SMILES string of the molecule is CC(=O)Oc1ccccc1C(=O)Nc1ccc2c(c1)CN(C(=O)C(C)C)CC2. The molecule has 0 saturated carbocycles. The molecule has 1 N–H and O–H groups in total. The maximum Gasteiger partial charge on any atom is 0.308 e. The van der Waals surface area contributed by atoms with Gasteiger partial charge >= 0.3 is 5.97 Å². The highest BCUT2D eigenvalue weighted by molar-refractivity contribution is 6.06. The third kappa shape index (κ3) is 4.39. The summed E-state index contributed by atoms with van der Waals surface area (Å²) in [7, 11) is 0. The summed E-state index contributed by atoms with van der Waals surface area (Å²) in [6.07, 6.45) is 0.803. The summed E-state index contributed by atoms with van der Waals surface area (Å²) in [4.78, 5) is 38.1. The lowest BCUT2D eigenvalue weighted by atomic mass is 9.98. The van der Waals surface area contributed by atoms with E-state index in [4.69, 9.17) is 4.74 Å². The zero-order valence-electron chi connectivity index (χ0n) is 16.3. The Hall–Kier alpha value is -3.15. The molecule has 3 rings (SSSR count). The Balaban J connectivity index is 1.78. The van der Waals surface area contributed by atoms with E-state index in [1.54, 1.807) is 24.3 Å². The number of amides is 2. The number of para-hydroxylation sites is 1. The summed E-state index contributed by atoms with van der Waals surface area (Å²) in [5.41, 5.74) is 3.14. The molecule has 2 aromatic rings. The van der Waals surface area contributed by atoms with Crippen LogP contribution in [-0.2, 0) is 22.6 Å². The molecule has 0 radical (unpaired) electrons. The predicted molar refractivity (Wildman–Crippen MR) is 106 cm³/mol. The van der Waals surface area contributed by atoms with Crippen molar-refractivity contribution >= 4 is 23.5 Å². The molecule has 0 aliphatic carbocycles. The van der Waals surface area contributed by atoms with Crippen molar-refractivity contribution in [1.82, 2.24) is 4.90 Å². The van der Waals surface area contributed by atoms with Gasteiger partial charge < -0.3 is 15.0 Å². The number of anilines is 1. The van der Waals surface area contributed by atoms with Crippen LogP contribution in [0.4, 0.5) is 5.69 Å². The van der Waals surface area contributed by atoms with Crippen LogP contribution >= 0.6 is 0 Å². The van der Waals surface area contributed by atoms with Gasteiger partial charge in [-0.15, -0.1) is 0 Å². The standard InChI is InChI=1S/C22H24N2O4/c1-14(2)22(27)24-11-10-16-8-9-18(12-17(16)13-24)23-21(26)19-6-4-5-7-20(19)28-15(3)25/h4-9,12,14H,10-11,13H2,1-3H3,(H,23,26). The van der Waals surface area contributed by atoms with Crippen LogP contribution in [0.15, 0.2) is 42.5 Å². The number of hydrogen-bond acceptors (Lipinski definition) is 4. The summed E-state index contributed by atoms with van der Waals surface area (Å²) < 4.78 is 5.11. The number of rotatable bonds is 4. The van der Waals surface area contributed by atoms with E-state index in [-0.39, 0.29) is 29.0 Å². The second kappa shape index (κ2) is 8.25. The highest BCUT2D eigenvalue weighted by Crippen LogP contribution is 2.25. The summed E-state index contributed by atoms with van der Waals surface area (Å²) >= 11 is 0. The zero-order valence-corrected chi connectivity index (χ0v) is 16.3. The molecule has 6 heteroatoms. The molecule has 1 aliphatic rings. The van der Waals surface area contributed by atoms with E-state index in [2.05, 4.69) is 5.32 Å². The Bertz CT molecular complexity index is 921. The monoisotopic (exact) mass is 380 g/mol. The van der Waals surface area contributed by atoms with Gasteiger partial charge in [-0.2, -0.15) is 0 Å². The number of hydrogen-bond donors (Lipinski definition) is 1. The van der Waals surface area contributed by atoms with Crippen LogP contribution in [0.25, 0.3) is 0 Å². The van der Waals surface area contributed by atoms with Gasteiger partial charge in [0.05, 0.1) is 5.56 Å². The maximum atomic E-state index is 12.7. The van der Waals surface area contributed by atoms with Crippen LogP contribution < -0.4 is 10.1 Å². The Kier molecular flexibility index (Phi) is 5.78. The number of esters is 1. The topological polar surface area (TPSA) is 75.7 Å². The van der Waals surface area contributed by atoms with E-state index < -0.39 is 5.97 Å². The molecule has 0 bridgehead atoms. The van der Waals surface area contributed by atoms with Crippen LogP contribution in [-0.4, -0.2) is 29.2 Å². The van der Waals surface area contributed by atoms with Crippen LogP contribution in [0.2, 0.25) is 0 Å². The minimum Gasteiger partial charge on any atom is -0.426 e. The largest absolute Gasteiger partial charge is 0.426 e. The molecule has 28 heavy (non-hydrogen) atoms. The van der Waals surface area contributed by atoms with Gasteiger partial charge in [0.2, 0.25) is 5.91 Å². The van der Waals surface area contributed by atoms with Gasteiger partial charge in [0, 0.05) is 31.6 Å². The van der Waals surface area contributed by atoms with Crippen molar-refractivity contribution < 1.29 is 19.1 Å². The minimum atomic E-state index is -0.482. The fourth-order valence-electron chi connectivity index (χ4n) is 3.28. The number of nitrogens with zero attached hydrogens (tertiary/aromatic N) is 1. The van der Waals surface area contributed by atoms with Crippen molar-refractivity contribution in [1.29, 1.82) is 0 Å². The molecule has 0 atom stereocenters. The molecule has 0 unspecified atom stereocenters. The molecule has 0 fully saturated rings. The molecule has 0 aromatic heterocycles. The smallest absolute Gasteiger partial charge is 0.308 e. The van der Waals surface area contributed by atoms with Gasteiger partial charge in [-0.3, -0.25) is 14.4 Å². The lowest BCUT2D eigenvalue weighted by Crippen LogP contribution is -2.38. The van der Waals surface area contributed by atoms with Crippen molar-refractivity contribution in [3.8, 4) is 5.75 Å². The first kappa shape index (κ1) is 19.6. The second-order valence-electron chi connectivity index (χ2n) is 7.19. The maximum absolute atomic E-state index is 12.7. The Morgan fingerprint density at radius 3 is 2.54 bits per heavy atom. The third-order valence-electron chi connectivity index (χ3n) is 4.67. The van der Waals surface area contributed by atoms with E-state index in [1.165, 1.54) is 12.5 Å². The molecule has 146 valence electrons. The second-order valence-corrected chi connectivity index (χ2v) is 7.19. The van der Waals surface area contributed by atoms with E-state index in [0.717, 1.165) is 12.0 Å². The van der Waals surface area contributed by atoms with Gasteiger partial charge in [0.1, 0.15) is 5.75 Å². The van der Waals surface area contributed by atoms with Crippen LogP contribution in [0, 0.1) is 5.92 Å². The first-order chi connectivity index (χ1) is 13.3. The summed E-state index contributed by atoms with van der Waals surface area (Å²) in [6.45, 7) is 6.35. The molecular weight excluding hydrogens is 356 g/mol. The van der Waals surface area contributed by atoms with Crippen LogP contribution in [0.5, 0.6) is 5.75 Å². The van der Waals surface area contributed by atoms with E-state index in [1.807, 2.05) is 36.9 Å². The molecule has 0 saturated heterocycles. The highest BCUT2D eigenvalue weighted by Gasteiger charge is 2.23. The minimum absolute atomic E-state index is 0.0396. The average molecular weight is 380 g/mol. The Morgan fingerprint density at radius 1 is 1.07 bits per heavy atom. The number of carbonyl (C=O) groups is 3. The van der Waals surface area contributed by atoms with Crippen molar-refractivity contribution in [3.63, 3.8) is 0 Å². The normalized spacial score (nSPS) is 13.1. The number of carbonyl (C=O) groups excluding carboxylic acids is 3. The van der Waals surface area contributed by atoms with Gasteiger partial charge in [-0.05, 0) is 41.8 Å². The fourth-order valence-corrected chi connectivity index (χ4v) is 3.28. The molecule has 0 spiro atoms. The molecule has 2 aromatic carbocycles. The van der Waals surface area contributed by atoms with E-state index in [9.17, 15) is 14.4 Å². The molecule has 6 nitrogen and oxygen atoms in total. The predicted octanol–water partition coefficient (Wildman–Crippen LogP) is 3.40. The summed E-state index contributed by atoms with van der Waals surface area (Å²) in [5, 5.41) is 2.86. The Morgan fingerprint density at radius 2 is 1.82 bits per heavy atom. The van der Waals surface area contributed by atoms with Crippen molar-refractivity contribution in [2.45, 2.75) is 33.7 Å². The first-order valence-electron chi connectivity index (χ1n) is 9.34. The van der Waals surface area contributed by atoms with Gasteiger partial charge in [-0.1, -0.05) is 32.0 Å². The van der Waals surface area contributed by atoms with Crippen molar-refractivity contribution in [2.75, 3.05) is 11.9 Å². The number of ether oxygens (including phenoxy) is 1. The van der Waals surface area contributed by atoms with E-state index in [0.29, 0.717) is 18.8 Å². The first-order valence-corrected chi connectivity index (χ1v) is 9.34. The van der Waals surface area contributed by atoms with E-state index >= 15 is 0 Å². The zero-order chi connectivity index (χ0) is 20.3. The fraction of sp³-hybridized carbons (Fsp3) is 0.318. The lowest BCUT2D eigenvalue weighted by Gasteiger charge is -2.30. The van der Waals surface area contributed by atoms with Gasteiger partial charge in [0.25, 0.3) is 5.91 Å². The number of benzene rings is 2. The molecular formula is C22H24N2O4. The van der Waals surface area contributed by atoms with Crippen LogP contribution in [0.1, 0.15) is 42.3 Å². The summed E-state index contributed by atoms with van der Waals surface area (Å²) in [5.74, 6) is -0.525. The average Bonchev–Trinajstić information content (AvgIpc) is 2.66. The molecule has 1 heterocycles. The van der Waals surface area contributed by atoms with Crippen LogP contribution in [0.3, 0.4) is 0 Å². The third-order valence-corrected chi connectivity index (χ3v) is 4.67. The van der Waals surface area contributed by atoms with Crippen molar-refractivity contribution in [2.24, 2.45) is 5.92 Å². The molecule has 2 amide bonds. The number of nitrogens with one attached hydrogen (secondary N) is 1. The summed E-state index contributed by atoms with van der Waals surface area (Å²) in [6, 6.07) is 12.3.